The van der Waals surface area contributed by atoms with E-state index in [0.29, 0.717) is 52.9 Å². The zero-order chi connectivity index (χ0) is 34.6. The highest BCUT2D eigenvalue weighted by Crippen LogP contribution is 2.41. The van der Waals surface area contributed by atoms with Gasteiger partial charge in [0.1, 0.15) is 5.60 Å². The number of aromatic nitrogens is 3. The number of benzene rings is 1. The Labute approximate surface area is 286 Å². The molecule has 4 aromatic rings. The van der Waals surface area contributed by atoms with E-state index in [9.17, 15) is 18.8 Å². The van der Waals surface area contributed by atoms with Crippen LogP contribution in [0.3, 0.4) is 0 Å². The third kappa shape index (κ3) is 7.83. The van der Waals surface area contributed by atoms with Crippen LogP contribution in [0.4, 0.5) is 20.7 Å². The molecular formula is C34H33Cl2FN6O5. The molecule has 5 rings (SSSR count). The molecule has 11 nitrogen and oxygen atoms in total. The predicted octanol–water partition coefficient (Wildman–Crippen LogP) is 7.23. The topological polar surface area (TPSA) is 136 Å². The summed E-state index contributed by atoms with van der Waals surface area (Å²) in [6.45, 7) is 5.73. The summed E-state index contributed by atoms with van der Waals surface area (Å²) in [5.41, 5.74) is 1.87. The third-order valence-electron chi connectivity index (χ3n) is 7.39. The molecule has 0 saturated carbocycles. The van der Waals surface area contributed by atoms with Gasteiger partial charge in [0.25, 0.3) is 0 Å². The standard InChI is InChI=1S/C34H33Cl2FN6O5/c1-34(2,3)48-33(46)43(17-21-9-11-26(45)40-21)16-19-8-10-24(42-32(19)47-4)22-13-15-38-30(28(22)36)23-6-5-7-25(27(23)35)41-31-29(37)20(18-44)12-14-39-31/h5-8,10,12-15,18,21H,9,11,16-17H2,1-4H3,(H,39,41)(H,40,45)/t21-/m0/s1. The minimum atomic E-state index is -0.810. The van der Waals surface area contributed by atoms with Gasteiger partial charge in [-0.25, -0.2) is 19.2 Å². The number of aldehydes is 1. The van der Waals surface area contributed by atoms with E-state index in [4.69, 9.17) is 37.7 Å². The summed E-state index contributed by atoms with van der Waals surface area (Å²) < 4.78 is 26.0. The molecule has 3 aromatic heterocycles. The number of amides is 2. The smallest absolute Gasteiger partial charge is 0.410 e. The number of pyridine rings is 3. The number of rotatable bonds is 10. The van der Waals surface area contributed by atoms with E-state index in [0.717, 1.165) is 0 Å². The van der Waals surface area contributed by atoms with Crippen molar-refractivity contribution in [3.8, 4) is 28.4 Å². The maximum absolute atomic E-state index is 14.7. The van der Waals surface area contributed by atoms with Crippen LogP contribution in [0.1, 0.15) is 49.5 Å². The molecule has 0 bridgehead atoms. The fourth-order valence-corrected chi connectivity index (χ4v) is 5.71. The lowest BCUT2D eigenvalue weighted by atomic mass is 10.1. The molecule has 1 fully saturated rings. The van der Waals surface area contributed by atoms with Gasteiger partial charge in [0.15, 0.2) is 17.9 Å². The summed E-state index contributed by atoms with van der Waals surface area (Å²) in [7, 11) is 1.48. The molecule has 0 unspecified atom stereocenters. The Kier molecular flexibility index (Phi) is 10.4. The Morgan fingerprint density at radius 3 is 2.56 bits per heavy atom. The molecule has 1 atom stereocenters. The van der Waals surface area contributed by atoms with E-state index in [1.807, 2.05) is 0 Å². The number of methoxy groups -OCH3 is 1. The molecule has 2 amide bonds. The summed E-state index contributed by atoms with van der Waals surface area (Å²) in [5.74, 6) is -0.765. The number of anilines is 2. The molecule has 0 radical (unpaired) electrons. The largest absolute Gasteiger partial charge is 0.481 e. The minimum absolute atomic E-state index is 0.0547. The van der Waals surface area contributed by atoms with Crippen LogP contribution in [-0.4, -0.2) is 63.4 Å². The number of nitrogens with zero attached hydrogens (tertiary/aromatic N) is 4. The van der Waals surface area contributed by atoms with Crippen molar-refractivity contribution in [3.63, 3.8) is 0 Å². The first-order valence-corrected chi connectivity index (χ1v) is 15.8. The Bertz CT molecular complexity index is 1870. The minimum Gasteiger partial charge on any atom is -0.481 e. The lowest BCUT2D eigenvalue weighted by molar-refractivity contribution is -0.119. The van der Waals surface area contributed by atoms with Gasteiger partial charge in [-0.3, -0.25) is 14.6 Å². The molecule has 0 spiro atoms. The number of carbonyl (C=O) groups excluding carboxylic acids is 3. The molecule has 1 aliphatic rings. The number of hydrogen-bond donors (Lipinski definition) is 2. The van der Waals surface area contributed by atoms with Gasteiger partial charge in [0.05, 0.1) is 46.3 Å². The molecule has 1 saturated heterocycles. The van der Waals surface area contributed by atoms with Gasteiger partial charge in [0, 0.05) is 48.1 Å². The molecule has 1 aromatic carbocycles. The van der Waals surface area contributed by atoms with Crippen molar-refractivity contribution in [3.05, 3.63) is 81.8 Å². The highest BCUT2D eigenvalue weighted by molar-refractivity contribution is 6.39. The van der Waals surface area contributed by atoms with Gasteiger partial charge in [-0.2, -0.15) is 0 Å². The maximum atomic E-state index is 14.7. The van der Waals surface area contributed by atoms with Crippen LogP contribution >= 0.6 is 23.2 Å². The number of halogens is 3. The summed E-state index contributed by atoms with van der Waals surface area (Å²) in [6.07, 6.45) is 3.76. The van der Waals surface area contributed by atoms with Crippen molar-refractivity contribution < 1.29 is 28.2 Å². The first-order chi connectivity index (χ1) is 22.9. The van der Waals surface area contributed by atoms with Gasteiger partial charge in [0.2, 0.25) is 11.8 Å². The summed E-state index contributed by atoms with van der Waals surface area (Å²) in [6, 6.07) is 11.3. The fourth-order valence-electron chi connectivity index (χ4n) is 5.14. The van der Waals surface area contributed by atoms with E-state index in [1.54, 1.807) is 63.4 Å². The Morgan fingerprint density at radius 1 is 1.10 bits per heavy atom. The Morgan fingerprint density at radius 2 is 1.88 bits per heavy atom. The van der Waals surface area contributed by atoms with Gasteiger partial charge >= 0.3 is 6.09 Å². The molecule has 14 heteroatoms. The van der Waals surface area contributed by atoms with Crippen molar-refractivity contribution in [2.45, 2.75) is 51.8 Å². The monoisotopic (exact) mass is 694 g/mol. The second-order valence-electron chi connectivity index (χ2n) is 12.0. The number of ether oxygens (including phenoxy) is 2. The molecule has 4 heterocycles. The Hall–Kier alpha value is -4.81. The van der Waals surface area contributed by atoms with Crippen LogP contribution in [0.25, 0.3) is 22.5 Å². The summed E-state index contributed by atoms with van der Waals surface area (Å²) >= 11 is 13.7. The lowest BCUT2D eigenvalue weighted by Crippen LogP contribution is -2.43. The first-order valence-electron chi connectivity index (χ1n) is 15.0. The van der Waals surface area contributed by atoms with Gasteiger partial charge < -0.3 is 25.0 Å². The average Bonchev–Trinajstić information content (AvgIpc) is 3.46. The van der Waals surface area contributed by atoms with E-state index in [1.165, 1.54) is 24.3 Å². The SMILES string of the molecule is COc1nc(-c2ccnc(-c3cccc(Nc4nccc(C=O)c4F)c3Cl)c2Cl)ccc1CN(C[C@@H]1CCC(=O)N1)C(=O)OC(C)(C)C. The highest BCUT2D eigenvalue weighted by Gasteiger charge is 2.29. The molecule has 0 aliphatic carbocycles. The zero-order valence-electron chi connectivity index (χ0n) is 26.6. The summed E-state index contributed by atoms with van der Waals surface area (Å²) in [4.78, 5) is 50.9. The number of carbonyl (C=O) groups is 3. The number of hydrogen-bond acceptors (Lipinski definition) is 9. The maximum Gasteiger partial charge on any atom is 0.410 e. The van der Waals surface area contributed by atoms with Crippen molar-refractivity contribution in [1.29, 1.82) is 0 Å². The number of nitrogens with one attached hydrogen (secondary N) is 2. The quantitative estimate of drug-likeness (QED) is 0.165. The second kappa shape index (κ2) is 14.5. The van der Waals surface area contributed by atoms with Crippen LogP contribution in [-0.2, 0) is 16.1 Å². The van der Waals surface area contributed by atoms with Gasteiger partial charge in [-0.05, 0) is 57.5 Å². The fraction of sp³-hybridized carbons (Fsp3) is 0.294. The van der Waals surface area contributed by atoms with E-state index in [-0.39, 0.29) is 52.3 Å². The van der Waals surface area contributed by atoms with Crippen molar-refractivity contribution in [1.82, 2.24) is 25.2 Å². The van der Waals surface area contributed by atoms with E-state index >= 15 is 0 Å². The van der Waals surface area contributed by atoms with E-state index in [2.05, 4.69) is 20.6 Å². The van der Waals surface area contributed by atoms with Crippen LogP contribution in [0.2, 0.25) is 10.0 Å². The second-order valence-corrected chi connectivity index (χ2v) is 12.8. The molecule has 2 N–H and O–H groups in total. The van der Waals surface area contributed by atoms with Gasteiger partial charge in [-0.15, -0.1) is 0 Å². The third-order valence-corrected chi connectivity index (χ3v) is 8.18. The van der Waals surface area contributed by atoms with E-state index < -0.39 is 17.5 Å². The molecule has 250 valence electrons. The summed E-state index contributed by atoms with van der Waals surface area (Å²) in [5, 5.41) is 6.18. The van der Waals surface area contributed by atoms with Crippen molar-refractivity contribution in [2.24, 2.45) is 0 Å². The van der Waals surface area contributed by atoms with Crippen molar-refractivity contribution in [2.75, 3.05) is 19.0 Å². The first kappa shape index (κ1) is 34.5. The van der Waals surface area contributed by atoms with Gasteiger partial charge in [-0.1, -0.05) is 35.3 Å². The highest BCUT2D eigenvalue weighted by atomic mass is 35.5. The van der Waals surface area contributed by atoms with Crippen LogP contribution in [0.5, 0.6) is 5.88 Å². The molecule has 48 heavy (non-hydrogen) atoms. The zero-order valence-corrected chi connectivity index (χ0v) is 28.2. The predicted molar refractivity (Wildman–Crippen MR) is 180 cm³/mol. The average molecular weight is 696 g/mol. The van der Waals surface area contributed by atoms with Crippen molar-refractivity contribution >= 4 is 53.0 Å². The van der Waals surface area contributed by atoms with Crippen LogP contribution in [0.15, 0.2) is 54.9 Å². The normalized spacial score (nSPS) is 14.3. The Balaban J connectivity index is 1.44. The lowest BCUT2D eigenvalue weighted by Gasteiger charge is -2.29. The van der Waals surface area contributed by atoms with Crippen LogP contribution < -0.4 is 15.4 Å². The molecular weight excluding hydrogens is 662 g/mol. The van der Waals surface area contributed by atoms with Crippen LogP contribution in [0, 0.1) is 5.82 Å². The molecule has 1 aliphatic heterocycles.